The summed E-state index contributed by atoms with van der Waals surface area (Å²) in [6.45, 7) is 1.92. The lowest BCUT2D eigenvalue weighted by atomic mass is 10.3. The molecule has 5 nitrogen and oxygen atoms in total. The average Bonchev–Trinajstić information content (AvgIpc) is 2.46. The number of para-hydroxylation sites is 1. The summed E-state index contributed by atoms with van der Waals surface area (Å²) in [5.74, 6) is 1.73. The first-order chi connectivity index (χ1) is 10.1. The van der Waals surface area contributed by atoms with E-state index in [-0.39, 0.29) is 12.5 Å². The second-order valence-corrected chi connectivity index (χ2v) is 4.64. The van der Waals surface area contributed by atoms with Crippen molar-refractivity contribution in [2.75, 3.05) is 11.9 Å². The molecule has 1 atom stereocenters. The Morgan fingerprint density at radius 1 is 1.19 bits per heavy atom. The molecule has 0 saturated heterocycles. The fourth-order valence-electron chi connectivity index (χ4n) is 1.68. The Balaban J connectivity index is 2.02. The van der Waals surface area contributed by atoms with Crippen LogP contribution in [0.1, 0.15) is 6.92 Å². The molecule has 0 aromatic heterocycles. The van der Waals surface area contributed by atoms with Crippen molar-refractivity contribution in [1.29, 1.82) is 0 Å². The zero-order chi connectivity index (χ0) is 15.1. The molecule has 0 aliphatic heterocycles. The summed E-state index contributed by atoms with van der Waals surface area (Å²) in [6.07, 6.45) is -0.516. The van der Waals surface area contributed by atoms with E-state index in [4.69, 9.17) is 15.6 Å². The number of aliphatic imine (C=N–C) groups is 1. The molecule has 1 unspecified atom stereocenters. The van der Waals surface area contributed by atoms with E-state index in [1.54, 1.807) is 6.92 Å². The van der Waals surface area contributed by atoms with Gasteiger partial charge in [-0.1, -0.05) is 24.3 Å². The Labute approximate surface area is 124 Å². The topological polar surface area (TPSA) is 79.9 Å². The normalized spacial score (nSPS) is 12.8. The highest BCUT2D eigenvalue weighted by Gasteiger charge is 2.00. The lowest BCUT2D eigenvalue weighted by Gasteiger charge is -2.09. The molecule has 0 aliphatic carbocycles. The second kappa shape index (κ2) is 7.31. The zero-order valence-corrected chi connectivity index (χ0v) is 11.9. The van der Waals surface area contributed by atoms with Gasteiger partial charge < -0.3 is 20.9 Å². The minimum atomic E-state index is -0.516. The van der Waals surface area contributed by atoms with Gasteiger partial charge in [0.25, 0.3) is 0 Å². The minimum Gasteiger partial charge on any atom is -0.457 e. The Morgan fingerprint density at radius 3 is 2.62 bits per heavy atom. The number of aliphatic hydroxyl groups is 1. The number of hydrogen-bond donors (Lipinski definition) is 3. The Kier molecular flexibility index (Phi) is 5.17. The third-order valence-corrected chi connectivity index (χ3v) is 2.61. The molecule has 0 radical (unpaired) electrons. The molecule has 0 heterocycles. The zero-order valence-electron chi connectivity index (χ0n) is 11.9. The number of nitrogens with one attached hydrogen (secondary N) is 1. The number of nitrogens with two attached hydrogens (primary N) is 1. The quantitative estimate of drug-likeness (QED) is 0.582. The van der Waals surface area contributed by atoms with Crippen molar-refractivity contribution >= 4 is 11.6 Å². The summed E-state index contributed by atoms with van der Waals surface area (Å²) in [5.41, 5.74) is 6.52. The standard InChI is InChI=1S/C16H19N3O2/c1-12(20)11-18-16(17)19-13-6-5-9-15(10-13)21-14-7-3-2-4-8-14/h2-10,12,20H,11H2,1H3,(H3,17,18,19). The molecule has 2 aromatic rings. The molecule has 21 heavy (non-hydrogen) atoms. The molecule has 4 N–H and O–H groups in total. The van der Waals surface area contributed by atoms with Crippen LogP contribution in [-0.4, -0.2) is 23.7 Å². The van der Waals surface area contributed by atoms with Gasteiger partial charge in [0.15, 0.2) is 5.96 Å². The van der Waals surface area contributed by atoms with E-state index in [2.05, 4.69) is 10.3 Å². The number of rotatable bonds is 5. The van der Waals surface area contributed by atoms with Crippen molar-refractivity contribution in [2.45, 2.75) is 13.0 Å². The van der Waals surface area contributed by atoms with Crippen LogP contribution in [0.3, 0.4) is 0 Å². The third-order valence-electron chi connectivity index (χ3n) is 2.61. The summed E-state index contributed by atoms with van der Waals surface area (Å²) < 4.78 is 5.74. The molecule has 0 amide bonds. The van der Waals surface area contributed by atoms with Crippen LogP contribution in [0.4, 0.5) is 5.69 Å². The van der Waals surface area contributed by atoms with Gasteiger partial charge in [-0.3, -0.25) is 4.99 Å². The molecule has 5 heteroatoms. The monoisotopic (exact) mass is 285 g/mol. The molecule has 110 valence electrons. The van der Waals surface area contributed by atoms with Gasteiger partial charge in [0, 0.05) is 11.8 Å². The van der Waals surface area contributed by atoms with E-state index in [0.29, 0.717) is 5.75 Å². The highest BCUT2D eigenvalue weighted by molar-refractivity contribution is 5.92. The Bertz CT molecular complexity index is 597. The Hall–Kier alpha value is -2.53. The van der Waals surface area contributed by atoms with Gasteiger partial charge in [0.05, 0.1) is 12.6 Å². The highest BCUT2D eigenvalue weighted by atomic mass is 16.5. The second-order valence-electron chi connectivity index (χ2n) is 4.64. The number of ether oxygens (including phenoxy) is 1. The molecule has 0 spiro atoms. The first-order valence-electron chi connectivity index (χ1n) is 6.71. The maximum Gasteiger partial charge on any atom is 0.193 e. The molecular weight excluding hydrogens is 266 g/mol. The molecule has 2 aromatic carbocycles. The van der Waals surface area contributed by atoms with Gasteiger partial charge in [-0.05, 0) is 31.2 Å². The number of aliphatic hydroxyl groups excluding tert-OH is 1. The number of benzene rings is 2. The van der Waals surface area contributed by atoms with E-state index in [0.717, 1.165) is 11.4 Å². The van der Waals surface area contributed by atoms with Crippen molar-refractivity contribution < 1.29 is 9.84 Å². The van der Waals surface area contributed by atoms with Crippen molar-refractivity contribution in [1.82, 2.24) is 0 Å². The predicted molar refractivity (Wildman–Crippen MR) is 84.8 cm³/mol. The number of anilines is 1. The van der Waals surface area contributed by atoms with Gasteiger partial charge in [0.1, 0.15) is 11.5 Å². The van der Waals surface area contributed by atoms with Crippen molar-refractivity contribution in [3.05, 3.63) is 54.6 Å². The lowest BCUT2D eigenvalue weighted by Crippen LogP contribution is -2.24. The molecular formula is C16H19N3O2. The maximum atomic E-state index is 9.17. The molecule has 2 rings (SSSR count). The summed E-state index contributed by atoms with van der Waals surface area (Å²) in [7, 11) is 0. The van der Waals surface area contributed by atoms with Gasteiger partial charge >= 0.3 is 0 Å². The molecule has 0 fully saturated rings. The van der Waals surface area contributed by atoms with Crippen molar-refractivity contribution in [2.24, 2.45) is 10.7 Å². The largest absolute Gasteiger partial charge is 0.457 e. The number of guanidine groups is 1. The van der Waals surface area contributed by atoms with E-state index >= 15 is 0 Å². The van der Waals surface area contributed by atoms with E-state index in [9.17, 15) is 0 Å². The molecule has 0 aliphatic rings. The van der Waals surface area contributed by atoms with Crippen LogP contribution >= 0.6 is 0 Å². The van der Waals surface area contributed by atoms with E-state index in [1.165, 1.54) is 0 Å². The number of nitrogens with zero attached hydrogens (tertiary/aromatic N) is 1. The molecule has 0 saturated carbocycles. The molecule has 0 bridgehead atoms. The van der Waals surface area contributed by atoms with Crippen molar-refractivity contribution in [3.8, 4) is 11.5 Å². The Morgan fingerprint density at radius 2 is 1.90 bits per heavy atom. The summed E-state index contributed by atoms with van der Waals surface area (Å²) in [4.78, 5) is 4.03. The summed E-state index contributed by atoms with van der Waals surface area (Å²) in [5, 5.41) is 12.1. The third kappa shape index (κ3) is 5.16. The fourth-order valence-corrected chi connectivity index (χ4v) is 1.68. The highest BCUT2D eigenvalue weighted by Crippen LogP contribution is 2.23. The van der Waals surface area contributed by atoms with Crippen LogP contribution in [0.5, 0.6) is 11.5 Å². The summed E-state index contributed by atoms with van der Waals surface area (Å²) in [6, 6.07) is 17.0. The van der Waals surface area contributed by atoms with Crippen molar-refractivity contribution in [3.63, 3.8) is 0 Å². The predicted octanol–water partition coefficient (Wildman–Crippen LogP) is 2.59. The first kappa shape index (κ1) is 14.9. The van der Waals surface area contributed by atoms with Crippen LogP contribution < -0.4 is 15.8 Å². The van der Waals surface area contributed by atoms with Gasteiger partial charge in [-0.15, -0.1) is 0 Å². The lowest BCUT2D eigenvalue weighted by molar-refractivity contribution is 0.204. The van der Waals surface area contributed by atoms with E-state index in [1.807, 2.05) is 54.6 Å². The van der Waals surface area contributed by atoms with E-state index < -0.39 is 6.10 Å². The van der Waals surface area contributed by atoms with Gasteiger partial charge in [-0.25, -0.2) is 0 Å². The average molecular weight is 285 g/mol. The SMILES string of the molecule is CC(O)CN=C(N)Nc1cccc(Oc2ccccc2)c1. The first-order valence-corrected chi connectivity index (χ1v) is 6.71. The van der Waals surface area contributed by atoms with Crippen LogP contribution in [0.2, 0.25) is 0 Å². The van der Waals surface area contributed by atoms with Crippen LogP contribution in [0.25, 0.3) is 0 Å². The summed E-state index contributed by atoms with van der Waals surface area (Å²) >= 11 is 0. The fraction of sp³-hybridized carbons (Fsp3) is 0.188. The van der Waals surface area contributed by atoms with Gasteiger partial charge in [0.2, 0.25) is 0 Å². The smallest absolute Gasteiger partial charge is 0.193 e. The maximum absolute atomic E-state index is 9.17. The number of hydrogen-bond acceptors (Lipinski definition) is 3. The van der Waals surface area contributed by atoms with Crippen LogP contribution in [0.15, 0.2) is 59.6 Å². The minimum absolute atomic E-state index is 0.257. The van der Waals surface area contributed by atoms with Crippen LogP contribution in [0, 0.1) is 0 Å². The van der Waals surface area contributed by atoms with Crippen LogP contribution in [-0.2, 0) is 0 Å². The van der Waals surface area contributed by atoms with Gasteiger partial charge in [-0.2, -0.15) is 0 Å².